The summed E-state index contributed by atoms with van der Waals surface area (Å²) < 4.78 is 14.7. The third-order valence-corrected chi connectivity index (χ3v) is 5.21. The van der Waals surface area contributed by atoms with Gasteiger partial charge >= 0.3 is 0 Å². The fourth-order valence-electron chi connectivity index (χ4n) is 2.52. The number of rotatable bonds is 8. The number of aryl methyl sites for hydroxylation is 1. The van der Waals surface area contributed by atoms with Crippen molar-refractivity contribution in [2.45, 2.75) is 31.3 Å². The van der Waals surface area contributed by atoms with Crippen LogP contribution in [0, 0.1) is 5.82 Å². The third-order valence-electron chi connectivity index (χ3n) is 3.98. The van der Waals surface area contributed by atoms with Crippen LogP contribution < -0.4 is 5.32 Å². The van der Waals surface area contributed by atoms with Crippen LogP contribution >= 0.6 is 23.4 Å². The molecule has 0 saturated heterocycles. The monoisotopic (exact) mass is 419 g/mol. The number of tetrazole rings is 1. The zero-order chi connectivity index (χ0) is 19.9. The average molecular weight is 420 g/mol. The fourth-order valence-corrected chi connectivity index (χ4v) is 3.43. The summed E-state index contributed by atoms with van der Waals surface area (Å²) in [5.41, 5.74) is 2.45. The molecule has 0 radical (unpaired) electrons. The SMILES string of the molecule is CCCCc1ccc(-n2nnnc2SCC(=O)Nc2ccc(F)cc2Cl)cc1. The molecular formula is C19H19ClFN5OS. The van der Waals surface area contributed by atoms with Crippen LogP contribution in [0.15, 0.2) is 47.6 Å². The average Bonchev–Trinajstić information content (AvgIpc) is 3.16. The van der Waals surface area contributed by atoms with Crippen LogP contribution in [0.25, 0.3) is 5.69 Å². The van der Waals surface area contributed by atoms with Crippen LogP contribution in [-0.4, -0.2) is 31.9 Å². The molecule has 0 atom stereocenters. The maximum atomic E-state index is 13.1. The van der Waals surface area contributed by atoms with Crippen LogP contribution in [0.5, 0.6) is 0 Å². The lowest BCUT2D eigenvalue weighted by Gasteiger charge is -2.08. The van der Waals surface area contributed by atoms with Crippen LogP contribution in [0.4, 0.5) is 10.1 Å². The van der Waals surface area contributed by atoms with E-state index in [1.807, 2.05) is 12.1 Å². The van der Waals surface area contributed by atoms with Crippen molar-refractivity contribution in [1.29, 1.82) is 0 Å². The van der Waals surface area contributed by atoms with Crippen molar-refractivity contribution in [2.24, 2.45) is 0 Å². The molecule has 6 nitrogen and oxygen atoms in total. The largest absolute Gasteiger partial charge is 0.324 e. The summed E-state index contributed by atoms with van der Waals surface area (Å²) >= 11 is 7.13. The summed E-state index contributed by atoms with van der Waals surface area (Å²) in [6, 6.07) is 11.8. The van der Waals surface area contributed by atoms with Gasteiger partial charge in [0.2, 0.25) is 11.1 Å². The van der Waals surface area contributed by atoms with E-state index in [1.54, 1.807) is 4.68 Å². The van der Waals surface area contributed by atoms with Gasteiger partial charge in [0.15, 0.2) is 0 Å². The lowest BCUT2D eigenvalue weighted by Crippen LogP contribution is -2.15. The summed E-state index contributed by atoms with van der Waals surface area (Å²) in [5, 5.41) is 15.0. The maximum Gasteiger partial charge on any atom is 0.234 e. The van der Waals surface area contributed by atoms with E-state index in [2.05, 4.69) is 39.9 Å². The summed E-state index contributed by atoms with van der Waals surface area (Å²) in [4.78, 5) is 12.2. The van der Waals surface area contributed by atoms with Gasteiger partial charge in [0, 0.05) is 0 Å². The Bertz CT molecular complexity index is 948. The summed E-state index contributed by atoms with van der Waals surface area (Å²) in [6.45, 7) is 2.17. The number of unbranched alkanes of at least 4 members (excludes halogenated alkanes) is 1. The Morgan fingerprint density at radius 2 is 2.04 bits per heavy atom. The minimum Gasteiger partial charge on any atom is -0.324 e. The smallest absolute Gasteiger partial charge is 0.234 e. The molecule has 0 spiro atoms. The Morgan fingerprint density at radius 1 is 1.25 bits per heavy atom. The molecule has 0 aliphatic heterocycles. The van der Waals surface area contributed by atoms with Gasteiger partial charge in [0.1, 0.15) is 5.82 Å². The van der Waals surface area contributed by atoms with Crippen molar-refractivity contribution in [1.82, 2.24) is 20.2 Å². The summed E-state index contributed by atoms with van der Waals surface area (Å²) in [5.74, 6) is -0.664. The molecule has 0 unspecified atom stereocenters. The minimum absolute atomic E-state index is 0.0860. The van der Waals surface area contributed by atoms with Crippen LogP contribution in [0.2, 0.25) is 5.02 Å². The van der Waals surface area contributed by atoms with Gasteiger partial charge in [0.25, 0.3) is 0 Å². The first-order chi connectivity index (χ1) is 13.6. The van der Waals surface area contributed by atoms with E-state index in [0.29, 0.717) is 10.8 Å². The number of carbonyl (C=O) groups is 1. The predicted octanol–water partition coefficient (Wildman–Crippen LogP) is 4.53. The molecule has 3 rings (SSSR count). The first-order valence-corrected chi connectivity index (χ1v) is 10.2. The zero-order valence-electron chi connectivity index (χ0n) is 15.2. The summed E-state index contributed by atoms with van der Waals surface area (Å²) in [6.07, 6.45) is 3.35. The molecule has 1 heterocycles. The number of thioether (sulfide) groups is 1. The first-order valence-electron chi connectivity index (χ1n) is 8.82. The second-order valence-corrected chi connectivity index (χ2v) is 7.45. The van der Waals surface area contributed by atoms with Gasteiger partial charge < -0.3 is 5.32 Å². The van der Waals surface area contributed by atoms with Gasteiger partial charge in [-0.05, 0) is 59.2 Å². The molecule has 0 aliphatic rings. The highest BCUT2D eigenvalue weighted by Gasteiger charge is 2.13. The predicted molar refractivity (Wildman–Crippen MR) is 109 cm³/mol. The molecule has 0 saturated carbocycles. The van der Waals surface area contributed by atoms with Crippen LogP contribution in [0.3, 0.4) is 0 Å². The van der Waals surface area contributed by atoms with E-state index in [9.17, 15) is 9.18 Å². The molecule has 0 aliphatic carbocycles. The molecule has 0 bridgehead atoms. The fraction of sp³-hybridized carbons (Fsp3) is 0.263. The number of anilines is 1. The molecule has 3 aromatic rings. The van der Waals surface area contributed by atoms with Gasteiger partial charge in [-0.25, -0.2) is 4.39 Å². The van der Waals surface area contributed by atoms with Crippen molar-refractivity contribution < 1.29 is 9.18 Å². The number of nitrogens with one attached hydrogen (secondary N) is 1. The van der Waals surface area contributed by atoms with Crippen molar-refractivity contribution in [2.75, 3.05) is 11.1 Å². The Kier molecular flexibility index (Phi) is 7.00. The molecular weight excluding hydrogens is 401 g/mol. The van der Waals surface area contributed by atoms with Crippen LogP contribution in [-0.2, 0) is 11.2 Å². The molecule has 0 fully saturated rings. The molecule has 2 aromatic carbocycles. The van der Waals surface area contributed by atoms with Crippen molar-refractivity contribution in [3.63, 3.8) is 0 Å². The van der Waals surface area contributed by atoms with Crippen LogP contribution in [0.1, 0.15) is 25.3 Å². The lowest BCUT2D eigenvalue weighted by molar-refractivity contribution is -0.113. The van der Waals surface area contributed by atoms with E-state index in [1.165, 1.54) is 29.5 Å². The Labute approximate surface area is 171 Å². The third kappa shape index (κ3) is 5.30. The van der Waals surface area contributed by atoms with E-state index in [-0.39, 0.29) is 16.7 Å². The summed E-state index contributed by atoms with van der Waals surface area (Å²) in [7, 11) is 0. The van der Waals surface area contributed by atoms with Crippen molar-refractivity contribution in [3.05, 3.63) is 58.9 Å². The quantitative estimate of drug-likeness (QED) is 0.543. The Hall–Kier alpha value is -2.45. The standard InChI is InChI=1S/C19H19ClFN5OS/c1-2-3-4-13-5-8-15(9-6-13)26-19(23-24-25-26)28-12-18(27)22-17-10-7-14(21)11-16(17)20/h5-11H,2-4,12H2,1H3,(H,22,27). The normalized spacial score (nSPS) is 10.8. The highest BCUT2D eigenvalue weighted by molar-refractivity contribution is 7.99. The van der Waals surface area contributed by atoms with E-state index < -0.39 is 5.82 Å². The highest BCUT2D eigenvalue weighted by Crippen LogP contribution is 2.24. The zero-order valence-corrected chi connectivity index (χ0v) is 16.8. The number of carbonyl (C=O) groups excluding carboxylic acids is 1. The van der Waals surface area contributed by atoms with Gasteiger partial charge in [-0.2, -0.15) is 4.68 Å². The number of amides is 1. The Balaban J connectivity index is 1.61. The molecule has 1 aromatic heterocycles. The number of nitrogens with zero attached hydrogens (tertiary/aromatic N) is 4. The highest BCUT2D eigenvalue weighted by atomic mass is 35.5. The first kappa shape index (κ1) is 20.3. The minimum atomic E-state index is -0.461. The Morgan fingerprint density at radius 3 is 2.75 bits per heavy atom. The van der Waals surface area contributed by atoms with Gasteiger partial charge in [0.05, 0.1) is 22.2 Å². The maximum absolute atomic E-state index is 13.1. The van der Waals surface area contributed by atoms with E-state index in [0.717, 1.165) is 31.0 Å². The number of halogens is 2. The number of hydrogen-bond acceptors (Lipinski definition) is 5. The molecule has 1 N–H and O–H groups in total. The topological polar surface area (TPSA) is 72.7 Å². The second-order valence-electron chi connectivity index (χ2n) is 6.10. The number of benzene rings is 2. The van der Waals surface area contributed by atoms with E-state index in [4.69, 9.17) is 11.6 Å². The number of aromatic nitrogens is 4. The lowest BCUT2D eigenvalue weighted by atomic mass is 10.1. The van der Waals surface area contributed by atoms with Crippen molar-refractivity contribution in [3.8, 4) is 5.69 Å². The molecule has 146 valence electrons. The van der Waals surface area contributed by atoms with Crippen molar-refractivity contribution >= 4 is 35.0 Å². The van der Waals surface area contributed by atoms with E-state index >= 15 is 0 Å². The number of hydrogen-bond donors (Lipinski definition) is 1. The molecule has 1 amide bonds. The van der Waals surface area contributed by atoms with Gasteiger partial charge in [-0.15, -0.1) is 5.10 Å². The molecule has 28 heavy (non-hydrogen) atoms. The second kappa shape index (κ2) is 9.66. The molecule has 9 heteroatoms. The van der Waals surface area contributed by atoms with Gasteiger partial charge in [-0.3, -0.25) is 4.79 Å². The van der Waals surface area contributed by atoms with Gasteiger partial charge in [-0.1, -0.05) is 48.8 Å².